The monoisotopic (exact) mass is 481 g/mol. The van der Waals surface area contributed by atoms with Crippen LogP contribution < -0.4 is 4.74 Å². The van der Waals surface area contributed by atoms with Gasteiger partial charge in [0.15, 0.2) is 0 Å². The lowest BCUT2D eigenvalue weighted by molar-refractivity contribution is -0.274. The Morgan fingerprint density at radius 2 is 1.80 bits per heavy atom. The molecule has 1 saturated heterocycles. The number of carbonyl (C=O) groups excluding carboxylic acids is 1. The lowest BCUT2D eigenvalue weighted by atomic mass is 10.1. The molecule has 2 aromatic heterocycles. The van der Waals surface area contributed by atoms with Crippen LogP contribution in [0.3, 0.4) is 0 Å². The summed E-state index contributed by atoms with van der Waals surface area (Å²) < 4.78 is 40.9. The van der Waals surface area contributed by atoms with E-state index in [1.54, 1.807) is 30.6 Å². The number of rotatable bonds is 5. The fourth-order valence-corrected chi connectivity index (χ4v) is 4.13. The number of H-pyrrole nitrogens is 1. The molecule has 1 fully saturated rings. The zero-order chi connectivity index (χ0) is 24.4. The Morgan fingerprint density at radius 3 is 2.49 bits per heavy atom. The molecule has 0 atom stereocenters. The highest BCUT2D eigenvalue weighted by Crippen LogP contribution is 2.24. The molecule has 180 valence electrons. The number of hydrogen-bond donors (Lipinski definition) is 1. The number of nitrogens with one attached hydrogen (secondary N) is 1. The fourth-order valence-electron chi connectivity index (χ4n) is 4.13. The summed E-state index contributed by atoms with van der Waals surface area (Å²) in [5.74, 6) is 0.417. The summed E-state index contributed by atoms with van der Waals surface area (Å²) in [6.07, 6.45) is -1.27. The van der Waals surface area contributed by atoms with Gasteiger partial charge in [-0.05, 0) is 48.0 Å². The van der Waals surface area contributed by atoms with E-state index in [4.69, 9.17) is 0 Å². The van der Waals surface area contributed by atoms with Crippen molar-refractivity contribution in [2.24, 2.45) is 0 Å². The molecule has 0 bridgehead atoms. The van der Waals surface area contributed by atoms with Gasteiger partial charge in [-0.25, -0.2) is 4.98 Å². The van der Waals surface area contributed by atoms with Gasteiger partial charge in [-0.3, -0.25) is 14.7 Å². The van der Waals surface area contributed by atoms with Gasteiger partial charge in [-0.2, -0.15) is 0 Å². The highest BCUT2D eigenvalue weighted by Gasteiger charge is 2.31. The van der Waals surface area contributed by atoms with E-state index in [0.717, 1.165) is 22.2 Å². The van der Waals surface area contributed by atoms with Gasteiger partial charge in [-0.15, -0.1) is 13.2 Å². The van der Waals surface area contributed by atoms with Gasteiger partial charge < -0.3 is 14.6 Å². The van der Waals surface area contributed by atoms with Crippen LogP contribution in [0, 0.1) is 0 Å². The average Bonchev–Trinajstić information content (AvgIpc) is 3.29. The summed E-state index contributed by atoms with van der Waals surface area (Å²) in [6.45, 7) is 3.06. The minimum Gasteiger partial charge on any atom is -0.406 e. The number of carbonyl (C=O) groups is 1. The lowest BCUT2D eigenvalue weighted by Crippen LogP contribution is -2.48. The quantitative estimate of drug-likeness (QED) is 0.455. The number of benzene rings is 2. The first-order valence-electron chi connectivity index (χ1n) is 11.1. The molecule has 1 amide bonds. The molecule has 1 aliphatic rings. The van der Waals surface area contributed by atoms with Crippen molar-refractivity contribution in [1.29, 1.82) is 0 Å². The molecule has 7 nitrogen and oxygen atoms in total. The highest BCUT2D eigenvalue weighted by molar-refractivity contribution is 5.97. The van der Waals surface area contributed by atoms with E-state index in [2.05, 4.69) is 24.6 Å². The van der Waals surface area contributed by atoms with Crippen molar-refractivity contribution in [1.82, 2.24) is 24.8 Å². The Labute approximate surface area is 199 Å². The first kappa shape index (κ1) is 22.9. The minimum absolute atomic E-state index is 0.0438. The van der Waals surface area contributed by atoms with Crippen LogP contribution >= 0.6 is 0 Å². The molecule has 0 unspecified atom stereocenters. The van der Waals surface area contributed by atoms with Crippen LogP contribution in [-0.2, 0) is 6.54 Å². The van der Waals surface area contributed by atoms with Crippen molar-refractivity contribution in [3.63, 3.8) is 0 Å². The van der Waals surface area contributed by atoms with E-state index >= 15 is 0 Å². The van der Waals surface area contributed by atoms with Crippen molar-refractivity contribution < 1.29 is 22.7 Å². The highest BCUT2D eigenvalue weighted by atomic mass is 19.4. The van der Waals surface area contributed by atoms with Crippen LogP contribution in [0.15, 0.2) is 67.0 Å². The molecule has 0 radical (unpaired) electrons. The predicted octanol–water partition coefficient (Wildman–Crippen LogP) is 4.48. The number of hydrogen-bond acceptors (Lipinski definition) is 5. The Kier molecular flexibility index (Phi) is 6.12. The van der Waals surface area contributed by atoms with Crippen molar-refractivity contribution >= 4 is 16.9 Å². The SMILES string of the molecule is O=C(c1ccc2nc(-c3cccnc3)[nH]c2c1)N1CCN(Cc2ccc(OC(F)(F)F)cc2)CC1. The molecule has 2 aromatic carbocycles. The number of aromatic nitrogens is 3. The number of halogens is 3. The number of amides is 1. The van der Waals surface area contributed by atoms with Crippen LogP contribution in [0.1, 0.15) is 15.9 Å². The van der Waals surface area contributed by atoms with Crippen molar-refractivity contribution in [3.8, 4) is 17.1 Å². The third-order valence-electron chi connectivity index (χ3n) is 5.89. The summed E-state index contributed by atoms with van der Waals surface area (Å²) in [6, 6.07) is 15.1. The van der Waals surface area contributed by atoms with Gasteiger partial charge >= 0.3 is 6.36 Å². The van der Waals surface area contributed by atoms with E-state index < -0.39 is 6.36 Å². The van der Waals surface area contributed by atoms with Gasteiger partial charge in [0, 0.05) is 56.2 Å². The molecule has 10 heteroatoms. The molecule has 0 spiro atoms. The molecular weight excluding hydrogens is 459 g/mol. The van der Waals surface area contributed by atoms with Crippen molar-refractivity contribution in [2.75, 3.05) is 26.2 Å². The Balaban J connectivity index is 1.19. The topological polar surface area (TPSA) is 74.4 Å². The van der Waals surface area contributed by atoms with E-state index in [0.29, 0.717) is 44.1 Å². The van der Waals surface area contributed by atoms with Gasteiger partial charge in [0.25, 0.3) is 5.91 Å². The summed E-state index contributed by atoms with van der Waals surface area (Å²) in [7, 11) is 0. The van der Waals surface area contributed by atoms with Gasteiger partial charge in [0.1, 0.15) is 11.6 Å². The smallest absolute Gasteiger partial charge is 0.406 e. The number of pyridine rings is 1. The number of piperazine rings is 1. The van der Waals surface area contributed by atoms with E-state index in [1.807, 2.05) is 29.2 Å². The first-order chi connectivity index (χ1) is 16.8. The molecule has 0 aliphatic carbocycles. The van der Waals surface area contributed by atoms with E-state index in [1.165, 1.54) is 12.1 Å². The molecular formula is C25H22F3N5O2. The van der Waals surface area contributed by atoms with Crippen LogP contribution in [0.4, 0.5) is 13.2 Å². The lowest BCUT2D eigenvalue weighted by Gasteiger charge is -2.34. The minimum atomic E-state index is -4.70. The summed E-state index contributed by atoms with van der Waals surface area (Å²) in [5.41, 5.74) is 3.90. The maximum absolute atomic E-state index is 13.1. The van der Waals surface area contributed by atoms with E-state index in [-0.39, 0.29) is 11.7 Å². The van der Waals surface area contributed by atoms with Crippen LogP contribution in [0.25, 0.3) is 22.4 Å². The number of aromatic amines is 1. The number of nitrogens with zero attached hydrogens (tertiary/aromatic N) is 4. The number of alkyl halides is 3. The normalized spacial score (nSPS) is 14.9. The predicted molar refractivity (Wildman–Crippen MR) is 124 cm³/mol. The molecule has 1 N–H and O–H groups in total. The maximum atomic E-state index is 13.1. The Morgan fingerprint density at radius 1 is 1.03 bits per heavy atom. The standard InChI is InChI=1S/C25H22F3N5O2/c26-25(27,28)35-20-6-3-17(4-7-20)16-32-10-12-33(13-11-32)24(34)18-5-8-21-22(14-18)31-23(30-21)19-2-1-9-29-15-19/h1-9,14-15H,10-13,16H2,(H,30,31). The van der Waals surface area contributed by atoms with E-state index in [9.17, 15) is 18.0 Å². The fraction of sp³-hybridized carbons (Fsp3) is 0.240. The third kappa shape index (κ3) is 5.43. The summed E-state index contributed by atoms with van der Waals surface area (Å²) >= 11 is 0. The second-order valence-corrected chi connectivity index (χ2v) is 8.32. The molecule has 4 aromatic rings. The summed E-state index contributed by atoms with van der Waals surface area (Å²) in [5, 5.41) is 0. The second-order valence-electron chi connectivity index (χ2n) is 8.32. The Bertz CT molecular complexity index is 1310. The van der Waals surface area contributed by atoms with Crippen molar-refractivity contribution in [2.45, 2.75) is 12.9 Å². The maximum Gasteiger partial charge on any atom is 0.573 e. The summed E-state index contributed by atoms with van der Waals surface area (Å²) in [4.78, 5) is 29.0. The molecule has 5 rings (SSSR count). The zero-order valence-electron chi connectivity index (χ0n) is 18.6. The van der Waals surface area contributed by atoms with Crippen LogP contribution in [0.5, 0.6) is 5.75 Å². The first-order valence-corrected chi connectivity index (χ1v) is 11.1. The third-order valence-corrected chi connectivity index (χ3v) is 5.89. The Hall–Kier alpha value is -3.92. The number of imidazole rings is 1. The molecule has 35 heavy (non-hydrogen) atoms. The second kappa shape index (κ2) is 9.38. The van der Waals surface area contributed by atoms with Crippen LogP contribution in [0.2, 0.25) is 0 Å². The van der Waals surface area contributed by atoms with Crippen LogP contribution in [-0.4, -0.2) is 63.2 Å². The number of fused-ring (bicyclic) bond motifs is 1. The largest absolute Gasteiger partial charge is 0.573 e. The number of ether oxygens (including phenoxy) is 1. The zero-order valence-corrected chi connectivity index (χ0v) is 18.6. The average molecular weight is 481 g/mol. The molecule has 0 saturated carbocycles. The molecule has 1 aliphatic heterocycles. The van der Waals surface area contributed by atoms with Gasteiger partial charge in [-0.1, -0.05) is 12.1 Å². The van der Waals surface area contributed by atoms with Gasteiger partial charge in [0.05, 0.1) is 11.0 Å². The van der Waals surface area contributed by atoms with Gasteiger partial charge in [0.2, 0.25) is 0 Å². The molecule has 3 heterocycles. The van der Waals surface area contributed by atoms with Crippen molar-refractivity contribution in [3.05, 3.63) is 78.1 Å².